The summed E-state index contributed by atoms with van der Waals surface area (Å²) < 4.78 is 137. The van der Waals surface area contributed by atoms with Crippen LogP contribution < -0.4 is 5.32 Å². The number of ether oxygens (including phenoxy) is 1. The van der Waals surface area contributed by atoms with Gasteiger partial charge in [0.15, 0.2) is 11.6 Å². The molecular formula is C41H41ClF10N6O4. The van der Waals surface area contributed by atoms with Crippen molar-refractivity contribution in [1.29, 1.82) is 0 Å². The summed E-state index contributed by atoms with van der Waals surface area (Å²) in [4.78, 5) is 54.2. The highest BCUT2D eigenvalue weighted by Gasteiger charge is 2.43. The first-order valence-electron chi connectivity index (χ1n) is 18.9. The zero-order chi connectivity index (χ0) is 44.9. The Kier molecular flexibility index (Phi) is 16.2. The van der Waals surface area contributed by atoms with Crippen LogP contribution in [0.15, 0.2) is 61.2 Å². The highest BCUT2D eigenvalue weighted by Crippen LogP contribution is 2.35. The molecule has 4 aromatic rings. The van der Waals surface area contributed by atoms with Crippen molar-refractivity contribution in [3.63, 3.8) is 0 Å². The van der Waals surface area contributed by atoms with E-state index in [1.54, 1.807) is 20.8 Å². The zero-order valence-electron chi connectivity index (χ0n) is 33.3. The normalized spacial score (nSPS) is 19.0. The Hall–Kier alpha value is -5.24. The minimum absolute atomic E-state index is 0. The van der Waals surface area contributed by atoms with Gasteiger partial charge < -0.3 is 10.1 Å². The number of aromatic nitrogens is 4. The number of likely N-dealkylation sites (tertiary alicyclic amines) is 1. The summed E-state index contributed by atoms with van der Waals surface area (Å²) in [5.41, 5.74) is -2.04. The Morgan fingerprint density at radius 3 is 1.61 bits per heavy atom. The number of hydrogen-bond acceptors (Lipinski definition) is 9. The van der Waals surface area contributed by atoms with E-state index in [0.717, 1.165) is 35.5 Å². The highest BCUT2D eigenvalue weighted by atomic mass is 35.5. The summed E-state index contributed by atoms with van der Waals surface area (Å²) in [6.07, 6.45) is -10.2. The zero-order valence-corrected chi connectivity index (χ0v) is 34.1. The van der Waals surface area contributed by atoms with Gasteiger partial charge in [-0.05, 0) is 89.4 Å². The number of carbonyl (C=O) groups excluding carboxylic acids is 3. The third-order valence-electron chi connectivity index (χ3n) is 9.62. The van der Waals surface area contributed by atoms with Gasteiger partial charge in [-0.15, -0.1) is 12.4 Å². The molecule has 336 valence electrons. The predicted molar refractivity (Wildman–Crippen MR) is 206 cm³/mol. The molecule has 0 aliphatic carbocycles. The third kappa shape index (κ3) is 12.9. The molecule has 0 bridgehead atoms. The van der Waals surface area contributed by atoms with E-state index < -0.39 is 77.0 Å². The van der Waals surface area contributed by atoms with Gasteiger partial charge in [0.1, 0.15) is 48.3 Å². The average molecular weight is 907 g/mol. The first-order chi connectivity index (χ1) is 28.5. The highest BCUT2D eigenvalue weighted by molar-refractivity contribution is 5.89. The van der Waals surface area contributed by atoms with E-state index in [1.165, 1.54) is 18.5 Å². The lowest BCUT2D eigenvalue weighted by atomic mass is 10.0. The Labute approximate surface area is 355 Å². The molecule has 6 rings (SSSR count). The van der Waals surface area contributed by atoms with Crippen LogP contribution >= 0.6 is 12.4 Å². The van der Waals surface area contributed by atoms with Crippen LogP contribution in [0.1, 0.15) is 69.0 Å². The van der Waals surface area contributed by atoms with E-state index in [4.69, 9.17) is 4.74 Å². The second-order valence-electron chi connectivity index (χ2n) is 15.3. The van der Waals surface area contributed by atoms with Crippen LogP contribution in [0.4, 0.5) is 48.7 Å². The number of alkyl halides is 8. The molecule has 2 aliphatic heterocycles. The number of benzene rings is 2. The third-order valence-corrected chi connectivity index (χ3v) is 9.62. The summed E-state index contributed by atoms with van der Waals surface area (Å²) in [6, 6.07) is 5.81. The van der Waals surface area contributed by atoms with Gasteiger partial charge in [0.25, 0.3) is 0 Å². The van der Waals surface area contributed by atoms with Crippen molar-refractivity contribution < 1.29 is 63.0 Å². The number of nitrogens with zero attached hydrogens (tertiary/aromatic N) is 5. The van der Waals surface area contributed by atoms with E-state index in [0.29, 0.717) is 36.5 Å². The van der Waals surface area contributed by atoms with Crippen LogP contribution in [0, 0.1) is 11.6 Å². The lowest BCUT2D eigenvalue weighted by molar-refractivity contribution is -0.140. The van der Waals surface area contributed by atoms with Gasteiger partial charge in [0, 0.05) is 41.9 Å². The number of aryl methyl sites for hydroxylation is 2. The van der Waals surface area contributed by atoms with Crippen LogP contribution in [0.5, 0.6) is 0 Å². The van der Waals surface area contributed by atoms with Crippen LogP contribution in [0.25, 0.3) is 22.5 Å². The number of carbonyl (C=O) groups is 3. The van der Waals surface area contributed by atoms with Gasteiger partial charge in [-0.25, -0.2) is 42.3 Å². The molecule has 21 heteroatoms. The van der Waals surface area contributed by atoms with Crippen molar-refractivity contribution in [3.8, 4) is 22.5 Å². The Morgan fingerprint density at radius 1 is 0.710 bits per heavy atom. The quantitative estimate of drug-likeness (QED) is 0.155. The summed E-state index contributed by atoms with van der Waals surface area (Å²) >= 11 is 0. The molecule has 1 amide bonds. The number of halogens is 11. The molecule has 0 radical (unpaired) electrons. The van der Waals surface area contributed by atoms with Gasteiger partial charge >= 0.3 is 18.4 Å². The standard InChI is InChI=1S/C23H24F5N3O3.C18H16F5N3O.ClH/c1-22(2,3)34-21(33)31-9-8-16(24)20(31)19(32)7-5-14-11-18(30-12-29-14)13-4-6-15(17(25)10-13)23(26,27)28;19-13-5-6-24-17(13)16(27)4-2-11-8-15(26-9-25-11)10-1-3-12(14(20)7-10)18(21,22)23;/h4,6,10-12,16,20H,5,7-9H2,1-3H3;1,3,7-9,13,17,24H,2,4-6H2;1H/t16-,20-;13-,17-;/m00./s1. The van der Waals surface area contributed by atoms with Crippen LogP contribution in [-0.2, 0) is 39.5 Å². The lowest BCUT2D eigenvalue weighted by Crippen LogP contribution is -2.46. The van der Waals surface area contributed by atoms with Gasteiger partial charge in [-0.1, -0.05) is 12.1 Å². The maximum Gasteiger partial charge on any atom is 0.419 e. The Morgan fingerprint density at radius 2 is 1.19 bits per heavy atom. The van der Waals surface area contributed by atoms with Crippen LogP contribution in [0.2, 0.25) is 0 Å². The molecule has 0 spiro atoms. The summed E-state index contributed by atoms with van der Waals surface area (Å²) in [6.45, 7) is 5.51. The van der Waals surface area contributed by atoms with Crippen LogP contribution in [0.3, 0.4) is 0 Å². The monoisotopic (exact) mass is 906 g/mol. The number of rotatable bonds is 10. The number of Topliss-reactive ketones (excluding diaryl/α,β-unsaturated/α-hetero) is 2. The molecule has 1 N–H and O–H groups in total. The molecule has 0 unspecified atom stereocenters. The van der Waals surface area contributed by atoms with E-state index in [2.05, 4.69) is 25.3 Å². The molecule has 0 saturated carbocycles. The first-order valence-corrected chi connectivity index (χ1v) is 18.9. The summed E-state index contributed by atoms with van der Waals surface area (Å²) in [5.74, 6) is -3.59. The molecule has 2 aliphatic rings. The number of hydrogen-bond donors (Lipinski definition) is 1. The van der Waals surface area contributed by atoms with Crippen molar-refractivity contribution in [2.45, 2.75) is 102 Å². The molecule has 4 heterocycles. The maximum atomic E-state index is 14.4. The minimum Gasteiger partial charge on any atom is -0.444 e. The molecule has 2 fully saturated rings. The van der Waals surface area contributed by atoms with Gasteiger partial charge in [-0.2, -0.15) is 26.3 Å². The average Bonchev–Trinajstić information content (AvgIpc) is 3.80. The second kappa shape index (κ2) is 20.3. The molecular weight excluding hydrogens is 866 g/mol. The van der Waals surface area contributed by atoms with Crippen molar-refractivity contribution in [1.82, 2.24) is 30.2 Å². The van der Waals surface area contributed by atoms with Gasteiger partial charge in [0.2, 0.25) is 0 Å². The molecule has 2 aromatic carbocycles. The van der Waals surface area contributed by atoms with Crippen LogP contribution in [-0.4, -0.2) is 85.6 Å². The van der Waals surface area contributed by atoms with Crippen molar-refractivity contribution in [2.75, 3.05) is 13.1 Å². The van der Waals surface area contributed by atoms with E-state index in [9.17, 15) is 58.3 Å². The summed E-state index contributed by atoms with van der Waals surface area (Å²) in [7, 11) is 0. The lowest BCUT2D eigenvalue weighted by Gasteiger charge is -2.28. The van der Waals surface area contributed by atoms with Crippen molar-refractivity contribution in [3.05, 3.63) is 95.3 Å². The fraction of sp³-hybridized carbons (Fsp3) is 0.439. The molecule has 62 heavy (non-hydrogen) atoms. The molecule has 2 aromatic heterocycles. The SMILES string of the molecule is CC(C)(C)OC(=O)N1CC[C@H](F)[C@H]1C(=O)CCc1cc(-c2ccc(C(F)(F)F)c(F)c2)ncn1.Cl.O=C(CCc1cc(-c2ccc(C(F)(F)F)c(F)c2)ncn1)[C@H]1NCC[C@@H]1F. The predicted octanol–water partition coefficient (Wildman–Crippen LogP) is 9.08. The fourth-order valence-electron chi connectivity index (χ4n) is 6.64. The number of ketones is 2. The van der Waals surface area contributed by atoms with Crippen molar-refractivity contribution >= 4 is 30.1 Å². The molecule has 10 nitrogen and oxygen atoms in total. The number of nitrogens with one attached hydrogen (secondary N) is 1. The largest absolute Gasteiger partial charge is 0.444 e. The van der Waals surface area contributed by atoms with E-state index in [-0.39, 0.29) is 79.4 Å². The maximum absolute atomic E-state index is 14.4. The minimum atomic E-state index is -4.82. The van der Waals surface area contributed by atoms with E-state index in [1.807, 2.05) is 0 Å². The van der Waals surface area contributed by atoms with E-state index >= 15 is 0 Å². The van der Waals surface area contributed by atoms with Gasteiger partial charge in [-0.3, -0.25) is 14.5 Å². The fourth-order valence-corrected chi connectivity index (χ4v) is 6.64. The Bertz CT molecular complexity index is 2220. The molecule has 4 atom stereocenters. The smallest absolute Gasteiger partial charge is 0.419 e. The Balaban J connectivity index is 0.000000275. The molecule has 2 saturated heterocycles. The van der Waals surface area contributed by atoms with Gasteiger partial charge in [0.05, 0.1) is 28.6 Å². The first kappa shape index (κ1) is 49.4. The summed E-state index contributed by atoms with van der Waals surface area (Å²) in [5, 5.41) is 2.81. The van der Waals surface area contributed by atoms with Crippen molar-refractivity contribution in [2.24, 2.45) is 0 Å². The topological polar surface area (TPSA) is 127 Å². The second-order valence-corrected chi connectivity index (χ2v) is 15.3. The number of amides is 1.